The Labute approximate surface area is 80.9 Å². The standard InChI is InChI=1S/C11H20O2/c1-2-3-4-5-6-7-11-8-12-10-13-9-11/h2,11H,1,3-10H2. The van der Waals surface area contributed by atoms with Gasteiger partial charge in [0.05, 0.1) is 13.2 Å². The molecule has 2 nitrogen and oxygen atoms in total. The normalized spacial score (nSPS) is 18.8. The van der Waals surface area contributed by atoms with Crippen molar-refractivity contribution in [3.63, 3.8) is 0 Å². The van der Waals surface area contributed by atoms with Crippen LogP contribution in [-0.4, -0.2) is 20.0 Å². The Morgan fingerprint density at radius 1 is 1.15 bits per heavy atom. The highest BCUT2D eigenvalue weighted by Crippen LogP contribution is 2.14. The number of hydrogen-bond donors (Lipinski definition) is 0. The molecule has 2 heteroatoms. The fraction of sp³-hybridized carbons (Fsp3) is 0.818. The lowest BCUT2D eigenvalue weighted by Gasteiger charge is -2.21. The van der Waals surface area contributed by atoms with Crippen LogP contribution >= 0.6 is 0 Å². The van der Waals surface area contributed by atoms with Gasteiger partial charge >= 0.3 is 0 Å². The van der Waals surface area contributed by atoms with Crippen LogP contribution in [0, 0.1) is 5.92 Å². The third kappa shape index (κ3) is 5.06. The van der Waals surface area contributed by atoms with Gasteiger partial charge in [0.25, 0.3) is 0 Å². The Hall–Kier alpha value is -0.340. The second-order valence-corrected chi connectivity index (χ2v) is 3.65. The molecule has 0 aliphatic carbocycles. The van der Waals surface area contributed by atoms with Crippen LogP contribution < -0.4 is 0 Å². The Balaban J connectivity index is 1.89. The van der Waals surface area contributed by atoms with Gasteiger partial charge in [0.2, 0.25) is 0 Å². The number of ether oxygens (including phenoxy) is 2. The van der Waals surface area contributed by atoms with Crippen molar-refractivity contribution in [3.05, 3.63) is 12.7 Å². The molecule has 1 saturated heterocycles. The summed E-state index contributed by atoms with van der Waals surface area (Å²) in [6, 6.07) is 0. The molecule has 13 heavy (non-hydrogen) atoms. The Morgan fingerprint density at radius 2 is 1.92 bits per heavy atom. The predicted molar refractivity (Wildman–Crippen MR) is 53.5 cm³/mol. The van der Waals surface area contributed by atoms with Gasteiger partial charge in [-0.2, -0.15) is 0 Å². The summed E-state index contributed by atoms with van der Waals surface area (Å²) in [7, 11) is 0. The van der Waals surface area contributed by atoms with Crippen LogP contribution in [0.4, 0.5) is 0 Å². The average molecular weight is 184 g/mol. The summed E-state index contributed by atoms with van der Waals surface area (Å²) in [6.45, 7) is 5.98. The average Bonchev–Trinajstić information content (AvgIpc) is 2.19. The van der Waals surface area contributed by atoms with E-state index in [1.54, 1.807) is 0 Å². The van der Waals surface area contributed by atoms with E-state index in [9.17, 15) is 0 Å². The second kappa shape index (κ2) is 7.10. The number of allylic oxidation sites excluding steroid dienone is 1. The molecule has 0 bridgehead atoms. The van der Waals surface area contributed by atoms with E-state index >= 15 is 0 Å². The van der Waals surface area contributed by atoms with Crippen LogP contribution in [0.2, 0.25) is 0 Å². The van der Waals surface area contributed by atoms with Crippen molar-refractivity contribution in [3.8, 4) is 0 Å². The molecular formula is C11H20O2. The van der Waals surface area contributed by atoms with Crippen LogP contribution in [0.1, 0.15) is 32.1 Å². The van der Waals surface area contributed by atoms with Crippen molar-refractivity contribution in [2.75, 3.05) is 20.0 Å². The van der Waals surface area contributed by atoms with E-state index in [0.717, 1.165) is 19.6 Å². The maximum Gasteiger partial charge on any atom is 0.146 e. The van der Waals surface area contributed by atoms with Gasteiger partial charge in [-0.15, -0.1) is 6.58 Å². The zero-order chi connectivity index (χ0) is 9.36. The van der Waals surface area contributed by atoms with Crippen molar-refractivity contribution < 1.29 is 9.47 Å². The summed E-state index contributed by atoms with van der Waals surface area (Å²) in [5.41, 5.74) is 0. The summed E-state index contributed by atoms with van der Waals surface area (Å²) in [6.07, 6.45) is 8.27. The minimum Gasteiger partial charge on any atom is -0.355 e. The molecule has 0 aromatic heterocycles. The molecule has 0 spiro atoms. The molecule has 1 rings (SSSR count). The summed E-state index contributed by atoms with van der Waals surface area (Å²) < 4.78 is 10.4. The van der Waals surface area contributed by atoms with Crippen LogP contribution in [0.3, 0.4) is 0 Å². The number of rotatable bonds is 6. The Bertz CT molecular complexity index is 128. The third-order valence-corrected chi connectivity index (χ3v) is 2.39. The summed E-state index contributed by atoms with van der Waals surface area (Å²) >= 11 is 0. The van der Waals surface area contributed by atoms with Gasteiger partial charge in [-0.05, 0) is 19.3 Å². The van der Waals surface area contributed by atoms with E-state index in [1.807, 2.05) is 6.08 Å². The first-order valence-electron chi connectivity index (χ1n) is 5.20. The first-order valence-corrected chi connectivity index (χ1v) is 5.20. The van der Waals surface area contributed by atoms with Gasteiger partial charge in [0.15, 0.2) is 0 Å². The molecule has 0 atom stereocenters. The number of hydrogen-bond acceptors (Lipinski definition) is 2. The van der Waals surface area contributed by atoms with E-state index in [4.69, 9.17) is 9.47 Å². The minimum absolute atomic E-state index is 0.493. The largest absolute Gasteiger partial charge is 0.355 e. The van der Waals surface area contributed by atoms with Crippen molar-refractivity contribution in [1.82, 2.24) is 0 Å². The van der Waals surface area contributed by atoms with Gasteiger partial charge in [-0.25, -0.2) is 0 Å². The van der Waals surface area contributed by atoms with Crippen molar-refractivity contribution >= 4 is 0 Å². The molecule has 0 saturated carbocycles. The van der Waals surface area contributed by atoms with Gasteiger partial charge in [-0.1, -0.05) is 18.9 Å². The molecule has 1 heterocycles. The molecule has 0 N–H and O–H groups in total. The zero-order valence-corrected chi connectivity index (χ0v) is 8.34. The highest BCUT2D eigenvalue weighted by molar-refractivity contribution is 4.66. The molecule has 0 amide bonds. The molecule has 0 unspecified atom stereocenters. The van der Waals surface area contributed by atoms with E-state index < -0.39 is 0 Å². The first kappa shape index (κ1) is 10.7. The molecule has 0 aromatic carbocycles. The molecule has 76 valence electrons. The van der Waals surface area contributed by atoms with Crippen LogP contribution in [0.25, 0.3) is 0 Å². The third-order valence-electron chi connectivity index (χ3n) is 2.39. The van der Waals surface area contributed by atoms with Crippen LogP contribution in [-0.2, 0) is 9.47 Å². The maximum atomic E-state index is 5.22. The SMILES string of the molecule is C=CCCCCCC1COCOC1. The monoisotopic (exact) mass is 184 g/mol. The molecule has 1 aliphatic rings. The van der Waals surface area contributed by atoms with Gasteiger partial charge in [-0.3, -0.25) is 0 Å². The lowest BCUT2D eigenvalue weighted by molar-refractivity contribution is -0.127. The summed E-state index contributed by atoms with van der Waals surface area (Å²) in [5.74, 6) is 0.637. The highest BCUT2D eigenvalue weighted by Gasteiger charge is 2.13. The molecule has 1 fully saturated rings. The van der Waals surface area contributed by atoms with Gasteiger partial charge in [0.1, 0.15) is 6.79 Å². The first-order chi connectivity index (χ1) is 6.43. The lowest BCUT2D eigenvalue weighted by atomic mass is 10.0. The van der Waals surface area contributed by atoms with Gasteiger partial charge in [0, 0.05) is 5.92 Å². The smallest absolute Gasteiger partial charge is 0.146 e. The van der Waals surface area contributed by atoms with Crippen molar-refractivity contribution in [2.45, 2.75) is 32.1 Å². The van der Waals surface area contributed by atoms with E-state index in [-0.39, 0.29) is 0 Å². The summed E-state index contributed by atoms with van der Waals surface area (Å²) in [5, 5.41) is 0. The maximum absolute atomic E-state index is 5.22. The fourth-order valence-electron chi connectivity index (χ4n) is 1.60. The van der Waals surface area contributed by atoms with Crippen molar-refractivity contribution in [1.29, 1.82) is 0 Å². The minimum atomic E-state index is 0.493. The van der Waals surface area contributed by atoms with E-state index in [0.29, 0.717) is 12.7 Å². The second-order valence-electron chi connectivity index (χ2n) is 3.65. The van der Waals surface area contributed by atoms with Crippen LogP contribution in [0.15, 0.2) is 12.7 Å². The summed E-state index contributed by atoms with van der Waals surface area (Å²) in [4.78, 5) is 0. The topological polar surface area (TPSA) is 18.5 Å². The Morgan fingerprint density at radius 3 is 2.62 bits per heavy atom. The predicted octanol–water partition coefficient (Wildman–Crippen LogP) is 2.74. The quantitative estimate of drug-likeness (QED) is 0.467. The van der Waals surface area contributed by atoms with E-state index in [1.165, 1.54) is 25.7 Å². The zero-order valence-electron chi connectivity index (χ0n) is 8.34. The fourth-order valence-corrected chi connectivity index (χ4v) is 1.60. The van der Waals surface area contributed by atoms with Gasteiger partial charge < -0.3 is 9.47 Å². The Kier molecular flexibility index (Phi) is 5.87. The van der Waals surface area contributed by atoms with Crippen LogP contribution in [0.5, 0.6) is 0 Å². The molecule has 0 aromatic rings. The number of unbranched alkanes of at least 4 members (excludes halogenated alkanes) is 3. The molecule has 1 aliphatic heterocycles. The van der Waals surface area contributed by atoms with E-state index in [2.05, 4.69) is 6.58 Å². The molecule has 0 radical (unpaired) electrons. The lowest BCUT2D eigenvalue weighted by Crippen LogP contribution is -2.23. The van der Waals surface area contributed by atoms with Crippen molar-refractivity contribution in [2.24, 2.45) is 5.92 Å². The highest BCUT2D eigenvalue weighted by atomic mass is 16.7. The molecular weight excluding hydrogens is 164 g/mol.